The summed E-state index contributed by atoms with van der Waals surface area (Å²) in [6.45, 7) is 3.82. The molecule has 1 heterocycles. The number of aryl methyl sites for hydroxylation is 1. The minimum absolute atomic E-state index is 0.0930. The van der Waals surface area contributed by atoms with Crippen LogP contribution in [0.3, 0.4) is 0 Å². The van der Waals surface area contributed by atoms with Crippen molar-refractivity contribution in [2.45, 2.75) is 26.3 Å². The van der Waals surface area contributed by atoms with Crippen LogP contribution in [0.4, 0.5) is 11.6 Å². The second-order valence-corrected chi connectivity index (χ2v) is 4.76. The van der Waals surface area contributed by atoms with E-state index in [1.54, 1.807) is 30.3 Å². The van der Waals surface area contributed by atoms with Gasteiger partial charge in [0.1, 0.15) is 0 Å². The highest BCUT2D eigenvalue weighted by Gasteiger charge is 2.24. The summed E-state index contributed by atoms with van der Waals surface area (Å²) >= 11 is 1.72. The van der Waals surface area contributed by atoms with Crippen LogP contribution in [0.15, 0.2) is 0 Å². The summed E-state index contributed by atoms with van der Waals surface area (Å²) in [6.07, 6.45) is 2.94. The van der Waals surface area contributed by atoms with Gasteiger partial charge in [0, 0.05) is 25.8 Å². The molecule has 0 spiro atoms. The highest BCUT2D eigenvalue weighted by atomic mass is 32.2. The van der Waals surface area contributed by atoms with Gasteiger partial charge in [-0.3, -0.25) is 4.57 Å². The van der Waals surface area contributed by atoms with E-state index >= 15 is 0 Å². The molecule has 0 aliphatic rings. The summed E-state index contributed by atoms with van der Waals surface area (Å²) in [7, 11) is 1.78. The fourth-order valence-electron chi connectivity index (χ4n) is 1.54. The van der Waals surface area contributed by atoms with Crippen LogP contribution < -0.4 is 5.32 Å². The molecular weight excluding hydrogens is 240 g/mol. The molecule has 0 aliphatic carbocycles. The van der Waals surface area contributed by atoms with Crippen molar-refractivity contribution in [2.24, 2.45) is 7.05 Å². The number of imidazole rings is 1. The molecule has 1 atom stereocenters. The van der Waals surface area contributed by atoms with E-state index in [0.29, 0.717) is 11.6 Å². The molecule has 0 bridgehead atoms. The molecular formula is C10H18N4O2S. The second kappa shape index (κ2) is 5.90. The third-order valence-corrected chi connectivity index (χ3v) is 3.41. The number of thioether (sulfide) groups is 1. The zero-order valence-corrected chi connectivity index (χ0v) is 11.4. The molecule has 7 heteroatoms. The van der Waals surface area contributed by atoms with Gasteiger partial charge in [-0.05, 0) is 22.6 Å². The van der Waals surface area contributed by atoms with Crippen LogP contribution in [0.2, 0.25) is 0 Å². The van der Waals surface area contributed by atoms with Gasteiger partial charge in [-0.1, -0.05) is 6.92 Å². The van der Waals surface area contributed by atoms with E-state index in [9.17, 15) is 10.1 Å². The van der Waals surface area contributed by atoms with Crippen LogP contribution in [0, 0.1) is 17.0 Å². The van der Waals surface area contributed by atoms with Crippen molar-refractivity contribution in [3.63, 3.8) is 0 Å². The molecule has 0 amide bonds. The van der Waals surface area contributed by atoms with Gasteiger partial charge in [0.2, 0.25) is 11.6 Å². The monoisotopic (exact) mass is 258 g/mol. The molecule has 0 aliphatic heterocycles. The number of nitrogens with zero attached hydrogens (tertiary/aromatic N) is 3. The minimum atomic E-state index is -0.443. The lowest BCUT2D eigenvalue weighted by Crippen LogP contribution is -2.23. The van der Waals surface area contributed by atoms with Crippen molar-refractivity contribution >= 4 is 23.4 Å². The van der Waals surface area contributed by atoms with Crippen LogP contribution in [-0.4, -0.2) is 32.5 Å². The predicted molar refractivity (Wildman–Crippen MR) is 70.7 cm³/mol. The zero-order valence-electron chi connectivity index (χ0n) is 10.6. The normalized spacial score (nSPS) is 12.5. The van der Waals surface area contributed by atoms with Gasteiger partial charge in [0.05, 0.1) is 0 Å². The molecule has 1 aromatic heterocycles. The van der Waals surface area contributed by atoms with Crippen molar-refractivity contribution in [1.29, 1.82) is 0 Å². The van der Waals surface area contributed by atoms with Gasteiger partial charge >= 0.3 is 5.82 Å². The molecule has 0 fully saturated rings. The van der Waals surface area contributed by atoms with E-state index in [0.717, 1.165) is 12.2 Å². The SMILES string of the molecule is CCC(CSC)Nc1c([N+](=O)[O-])nc(C)n1C. The molecule has 0 radical (unpaired) electrons. The largest absolute Gasteiger partial charge is 0.406 e. The number of hydrogen-bond acceptors (Lipinski definition) is 5. The molecule has 6 nitrogen and oxygen atoms in total. The topological polar surface area (TPSA) is 73.0 Å². The standard InChI is InChI=1S/C10H18N4O2S/c1-5-8(6-17-4)12-9-10(14(15)16)11-7(2)13(9)3/h8,12H,5-6H2,1-4H3. The minimum Gasteiger partial charge on any atom is -0.361 e. The van der Waals surface area contributed by atoms with Crippen LogP contribution in [0.25, 0.3) is 0 Å². The quantitative estimate of drug-likeness (QED) is 0.625. The third kappa shape index (κ3) is 3.12. The van der Waals surface area contributed by atoms with E-state index in [4.69, 9.17) is 0 Å². The second-order valence-electron chi connectivity index (χ2n) is 3.85. The van der Waals surface area contributed by atoms with Crippen molar-refractivity contribution < 1.29 is 4.92 Å². The smallest absolute Gasteiger partial charge is 0.361 e. The van der Waals surface area contributed by atoms with E-state index in [1.165, 1.54) is 0 Å². The van der Waals surface area contributed by atoms with E-state index in [1.807, 2.05) is 6.26 Å². The van der Waals surface area contributed by atoms with Gasteiger partial charge in [-0.15, -0.1) is 0 Å². The van der Waals surface area contributed by atoms with Crippen LogP contribution in [0.5, 0.6) is 0 Å². The Bertz CT molecular complexity index is 405. The highest BCUT2D eigenvalue weighted by Crippen LogP contribution is 2.25. The molecule has 1 aromatic rings. The summed E-state index contributed by atoms with van der Waals surface area (Å²) < 4.78 is 1.72. The number of hydrogen-bond donors (Lipinski definition) is 1. The molecule has 17 heavy (non-hydrogen) atoms. The van der Waals surface area contributed by atoms with Gasteiger partial charge < -0.3 is 15.4 Å². The van der Waals surface area contributed by atoms with E-state index < -0.39 is 4.92 Å². The summed E-state index contributed by atoms with van der Waals surface area (Å²) in [4.78, 5) is 14.4. The van der Waals surface area contributed by atoms with Gasteiger partial charge in [-0.25, -0.2) is 0 Å². The Kier molecular flexibility index (Phi) is 4.80. The highest BCUT2D eigenvalue weighted by molar-refractivity contribution is 7.98. The lowest BCUT2D eigenvalue weighted by Gasteiger charge is -2.16. The van der Waals surface area contributed by atoms with E-state index in [-0.39, 0.29) is 11.9 Å². The Morgan fingerprint density at radius 2 is 2.29 bits per heavy atom. The molecule has 0 saturated carbocycles. The van der Waals surface area contributed by atoms with Crippen LogP contribution >= 0.6 is 11.8 Å². The summed E-state index contributed by atoms with van der Waals surface area (Å²) in [5.41, 5.74) is 0. The number of aromatic nitrogens is 2. The fraction of sp³-hybridized carbons (Fsp3) is 0.700. The Labute approximate surface area is 105 Å². The Morgan fingerprint density at radius 3 is 2.76 bits per heavy atom. The number of nitrogens with one attached hydrogen (secondary N) is 1. The first kappa shape index (κ1) is 13.8. The third-order valence-electron chi connectivity index (χ3n) is 2.67. The number of nitro groups is 1. The molecule has 0 saturated heterocycles. The van der Waals surface area contributed by atoms with Crippen molar-refractivity contribution in [2.75, 3.05) is 17.3 Å². The first-order valence-corrected chi connectivity index (χ1v) is 6.83. The summed E-state index contributed by atoms with van der Waals surface area (Å²) in [5.74, 6) is 1.95. The Balaban J connectivity index is 2.99. The fourth-order valence-corrected chi connectivity index (χ4v) is 2.26. The first-order valence-electron chi connectivity index (χ1n) is 5.44. The predicted octanol–water partition coefficient (Wildman–Crippen LogP) is 2.19. The Hall–Kier alpha value is -1.24. The zero-order chi connectivity index (χ0) is 13.0. The lowest BCUT2D eigenvalue weighted by atomic mass is 10.2. The maximum Gasteiger partial charge on any atom is 0.406 e. The molecule has 1 rings (SSSR count). The first-order chi connectivity index (χ1) is 8.01. The van der Waals surface area contributed by atoms with Gasteiger partial charge in [0.15, 0.2) is 0 Å². The molecule has 1 unspecified atom stereocenters. The number of rotatable bonds is 6. The maximum absolute atomic E-state index is 10.9. The van der Waals surface area contributed by atoms with E-state index in [2.05, 4.69) is 17.2 Å². The molecule has 96 valence electrons. The number of anilines is 1. The average Bonchev–Trinajstić information content (AvgIpc) is 2.56. The van der Waals surface area contributed by atoms with Crippen molar-refractivity contribution in [1.82, 2.24) is 9.55 Å². The van der Waals surface area contributed by atoms with Crippen LogP contribution in [-0.2, 0) is 7.05 Å². The van der Waals surface area contributed by atoms with Crippen molar-refractivity contribution in [3.05, 3.63) is 15.9 Å². The van der Waals surface area contributed by atoms with Gasteiger partial charge in [0.25, 0.3) is 0 Å². The molecule has 1 N–H and O–H groups in total. The average molecular weight is 258 g/mol. The van der Waals surface area contributed by atoms with Crippen molar-refractivity contribution in [3.8, 4) is 0 Å². The van der Waals surface area contributed by atoms with Crippen LogP contribution in [0.1, 0.15) is 19.2 Å². The van der Waals surface area contributed by atoms with Gasteiger partial charge in [-0.2, -0.15) is 11.8 Å². The molecule has 0 aromatic carbocycles. The summed E-state index contributed by atoms with van der Waals surface area (Å²) in [5, 5.41) is 14.1. The maximum atomic E-state index is 10.9. The lowest BCUT2D eigenvalue weighted by molar-refractivity contribution is -0.388. The Morgan fingerprint density at radius 1 is 1.65 bits per heavy atom. The summed E-state index contributed by atoms with van der Waals surface area (Å²) in [6, 6.07) is 0.221.